The Hall–Kier alpha value is -2.77. The zero-order valence-corrected chi connectivity index (χ0v) is 13.6. The quantitative estimate of drug-likeness (QED) is 0.359. The second-order valence-corrected chi connectivity index (χ2v) is 6.11. The summed E-state index contributed by atoms with van der Waals surface area (Å²) in [6.07, 6.45) is 0. The van der Waals surface area contributed by atoms with Gasteiger partial charge in [-0.25, -0.2) is 14.5 Å². The van der Waals surface area contributed by atoms with Crippen LogP contribution in [0.1, 0.15) is 41.5 Å². The molecular weight excluding hydrogens is 321 g/mol. The number of imide groups is 1. The molecule has 1 atom stereocenters. The fourth-order valence-corrected chi connectivity index (χ4v) is 2.22. The molecule has 7 nitrogen and oxygen atoms in total. The van der Waals surface area contributed by atoms with Crippen LogP contribution in [0, 0.1) is 0 Å². The van der Waals surface area contributed by atoms with E-state index in [-0.39, 0.29) is 16.0 Å². The molecule has 2 rings (SSSR count). The van der Waals surface area contributed by atoms with E-state index in [4.69, 9.17) is 4.74 Å². The topological polar surface area (TPSA) is 90.0 Å². The second-order valence-electron chi connectivity index (χ2n) is 6.11. The van der Waals surface area contributed by atoms with Gasteiger partial charge < -0.3 is 9.47 Å². The average Bonchev–Trinajstić information content (AvgIpc) is 2.76. The highest BCUT2D eigenvalue weighted by atomic mass is 19.1. The van der Waals surface area contributed by atoms with Gasteiger partial charge in [0.05, 0.1) is 18.2 Å². The van der Waals surface area contributed by atoms with Crippen molar-refractivity contribution < 1.29 is 33.0 Å². The molecular formula is C16H16FNO6. The Morgan fingerprint density at radius 1 is 1.00 bits per heavy atom. The minimum absolute atomic E-state index is 0.0580. The molecule has 0 N–H and O–H groups in total. The third kappa shape index (κ3) is 2.64. The van der Waals surface area contributed by atoms with Crippen LogP contribution in [0.2, 0.25) is 0 Å². The summed E-state index contributed by atoms with van der Waals surface area (Å²) in [5.41, 5.74) is -1.38. The van der Waals surface area contributed by atoms with Gasteiger partial charge in [-0.3, -0.25) is 9.59 Å². The Labute approximate surface area is 137 Å². The molecule has 0 bridgehead atoms. The van der Waals surface area contributed by atoms with Crippen molar-refractivity contribution in [2.24, 2.45) is 0 Å². The first-order chi connectivity index (χ1) is 11.0. The molecule has 1 aliphatic heterocycles. The van der Waals surface area contributed by atoms with E-state index in [1.54, 1.807) is 0 Å². The summed E-state index contributed by atoms with van der Waals surface area (Å²) in [5, 5.41) is 0. The molecule has 0 aromatic heterocycles. The Balaban J connectivity index is 2.55. The lowest BCUT2D eigenvalue weighted by atomic mass is 10.1. The fourth-order valence-electron chi connectivity index (χ4n) is 2.22. The molecule has 0 spiro atoms. The highest BCUT2D eigenvalue weighted by Gasteiger charge is 2.63. The van der Waals surface area contributed by atoms with Gasteiger partial charge in [0.25, 0.3) is 11.8 Å². The van der Waals surface area contributed by atoms with Gasteiger partial charge in [0.2, 0.25) is 0 Å². The Morgan fingerprint density at radius 3 is 1.83 bits per heavy atom. The number of nitrogens with zero attached hydrogens (tertiary/aromatic N) is 1. The lowest BCUT2D eigenvalue weighted by Gasteiger charge is -2.31. The number of rotatable bonds is 3. The van der Waals surface area contributed by atoms with Crippen LogP contribution in [0.4, 0.5) is 4.39 Å². The van der Waals surface area contributed by atoms with E-state index in [0.717, 1.165) is 7.11 Å². The molecule has 0 radical (unpaired) electrons. The van der Waals surface area contributed by atoms with E-state index in [1.165, 1.54) is 45.0 Å². The van der Waals surface area contributed by atoms with E-state index >= 15 is 4.39 Å². The SMILES string of the molecule is COC(=O)[C@@](F)(C(=O)OC(C)(C)C)N1C(=O)c2ccccc2C1=O. The summed E-state index contributed by atoms with van der Waals surface area (Å²) in [7, 11) is 0.833. The van der Waals surface area contributed by atoms with E-state index in [1.807, 2.05) is 0 Å². The van der Waals surface area contributed by atoms with E-state index in [2.05, 4.69) is 4.74 Å². The maximum atomic E-state index is 15.4. The number of hydrogen-bond acceptors (Lipinski definition) is 6. The standard InChI is InChI=1S/C16H16FNO6/c1-15(2,3)24-14(22)16(17,13(21)23-4)18-11(19)9-7-5-6-8-10(9)12(18)20/h5-8H,1-4H3/t16-/m0/s1. The molecule has 8 heteroatoms. The minimum atomic E-state index is -3.71. The maximum Gasteiger partial charge on any atom is 0.386 e. The van der Waals surface area contributed by atoms with E-state index < -0.39 is 35.1 Å². The number of carbonyl (C=O) groups excluding carboxylic acids is 4. The molecule has 0 unspecified atom stereocenters. The maximum absolute atomic E-state index is 15.4. The normalized spacial score (nSPS) is 16.5. The number of amides is 2. The van der Waals surface area contributed by atoms with Crippen molar-refractivity contribution in [3.05, 3.63) is 35.4 Å². The first kappa shape index (κ1) is 17.6. The van der Waals surface area contributed by atoms with Crippen molar-refractivity contribution in [2.75, 3.05) is 7.11 Å². The molecule has 24 heavy (non-hydrogen) atoms. The number of esters is 2. The smallest absolute Gasteiger partial charge is 0.386 e. The molecule has 1 heterocycles. The van der Waals surface area contributed by atoms with Crippen LogP contribution in [0.15, 0.2) is 24.3 Å². The van der Waals surface area contributed by atoms with Crippen LogP contribution in [0.3, 0.4) is 0 Å². The Morgan fingerprint density at radius 2 is 1.46 bits per heavy atom. The summed E-state index contributed by atoms with van der Waals surface area (Å²) >= 11 is 0. The number of halogens is 1. The number of ether oxygens (including phenoxy) is 2. The van der Waals surface area contributed by atoms with Crippen molar-refractivity contribution in [3.8, 4) is 0 Å². The molecule has 1 aromatic rings. The van der Waals surface area contributed by atoms with Gasteiger partial charge in [-0.05, 0) is 32.9 Å². The van der Waals surface area contributed by atoms with E-state index in [0.29, 0.717) is 0 Å². The van der Waals surface area contributed by atoms with E-state index in [9.17, 15) is 19.2 Å². The van der Waals surface area contributed by atoms with Crippen molar-refractivity contribution in [1.29, 1.82) is 0 Å². The van der Waals surface area contributed by atoms with Gasteiger partial charge in [-0.2, -0.15) is 4.39 Å². The zero-order valence-electron chi connectivity index (χ0n) is 13.6. The number of hydrogen-bond donors (Lipinski definition) is 0. The summed E-state index contributed by atoms with van der Waals surface area (Å²) in [5.74, 6) is -9.36. The zero-order chi connectivity index (χ0) is 18.3. The number of benzene rings is 1. The third-order valence-electron chi connectivity index (χ3n) is 3.23. The fraction of sp³-hybridized carbons (Fsp3) is 0.375. The predicted molar refractivity (Wildman–Crippen MR) is 78.6 cm³/mol. The lowest BCUT2D eigenvalue weighted by Crippen LogP contribution is -2.61. The van der Waals surface area contributed by atoms with Crippen molar-refractivity contribution in [1.82, 2.24) is 4.90 Å². The molecule has 0 fully saturated rings. The minimum Gasteiger partial charge on any atom is -0.465 e. The van der Waals surface area contributed by atoms with Crippen molar-refractivity contribution in [3.63, 3.8) is 0 Å². The summed E-state index contributed by atoms with van der Waals surface area (Å²) in [6.45, 7) is 4.35. The van der Waals surface area contributed by atoms with Crippen LogP contribution in [-0.4, -0.2) is 47.2 Å². The van der Waals surface area contributed by atoms with Crippen molar-refractivity contribution in [2.45, 2.75) is 32.2 Å². The van der Waals surface area contributed by atoms with Crippen LogP contribution in [-0.2, 0) is 19.1 Å². The Kier molecular flexibility index (Phi) is 4.18. The first-order valence-electron chi connectivity index (χ1n) is 7.02. The highest BCUT2D eigenvalue weighted by Crippen LogP contribution is 2.33. The molecule has 0 saturated carbocycles. The molecule has 2 amide bonds. The summed E-state index contributed by atoms with van der Waals surface area (Å²) in [6, 6.07) is 5.53. The first-order valence-corrected chi connectivity index (χ1v) is 7.02. The van der Waals surface area contributed by atoms with Crippen molar-refractivity contribution >= 4 is 23.8 Å². The summed E-state index contributed by atoms with van der Waals surface area (Å²) in [4.78, 5) is 48.9. The lowest BCUT2D eigenvalue weighted by molar-refractivity contribution is -0.190. The van der Waals surface area contributed by atoms with Crippen LogP contribution < -0.4 is 0 Å². The van der Waals surface area contributed by atoms with Gasteiger partial charge in [-0.1, -0.05) is 12.1 Å². The molecule has 1 aromatic carbocycles. The molecule has 0 aliphatic carbocycles. The van der Waals surface area contributed by atoms with Crippen LogP contribution >= 0.6 is 0 Å². The Bertz CT molecular complexity index is 703. The summed E-state index contributed by atoms with van der Waals surface area (Å²) < 4.78 is 24.6. The molecule has 128 valence electrons. The predicted octanol–water partition coefficient (Wildman–Crippen LogP) is 1.46. The van der Waals surface area contributed by atoms with Gasteiger partial charge in [0, 0.05) is 0 Å². The molecule has 1 aliphatic rings. The highest BCUT2D eigenvalue weighted by molar-refractivity contribution is 6.26. The largest absolute Gasteiger partial charge is 0.465 e. The number of methoxy groups -OCH3 is 1. The number of carbonyl (C=O) groups is 4. The van der Waals surface area contributed by atoms with Crippen LogP contribution in [0.25, 0.3) is 0 Å². The number of fused-ring (bicyclic) bond motifs is 1. The monoisotopic (exact) mass is 337 g/mol. The molecule has 0 saturated heterocycles. The van der Waals surface area contributed by atoms with Gasteiger partial charge >= 0.3 is 17.7 Å². The second kappa shape index (κ2) is 5.70. The van der Waals surface area contributed by atoms with Gasteiger partial charge in [-0.15, -0.1) is 0 Å². The number of alkyl halides is 1. The van der Waals surface area contributed by atoms with Crippen LogP contribution in [0.5, 0.6) is 0 Å². The van der Waals surface area contributed by atoms with Gasteiger partial charge in [0.15, 0.2) is 0 Å². The van der Waals surface area contributed by atoms with Gasteiger partial charge in [0.1, 0.15) is 5.60 Å². The third-order valence-corrected chi connectivity index (χ3v) is 3.23. The average molecular weight is 337 g/mol.